The fourth-order valence-electron chi connectivity index (χ4n) is 3.26. The molecule has 0 spiro atoms. The normalized spacial score (nSPS) is 10.4. The van der Waals surface area contributed by atoms with Gasteiger partial charge < -0.3 is 24.6 Å². The first kappa shape index (κ1) is 22.9. The molecule has 1 N–H and O–H groups in total. The molecule has 7 heteroatoms. The van der Waals surface area contributed by atoms with Crippen LogP contribution in [0.2, 0.25) is 5.02 Å². The van der Waals surface area contributed by atoms with Gasteiger partial charge in [0.2, 0.25) is 0 Å². The molecule has 30 heavy (non-hydrogen) atoms. The van der Waals surface area contributed by atoms with Gasteiger partial charge in [-0.05, 0) is 23.1 Å². The van der Waals surface area contributed by atoms with Crippen LogP contribution in [0.25, 0.3) is 22.0 Å². The molecule has 0 radical (unpaired) electrons. The Hall–Kier alpha value is -1.80. The summed E-state index contributed by atoms with van der Waals surface area (Å²) in [7, 11) is 3.15. The van der Waals surface area contributed by atoms with Crippen LogP contribution in [0, 0.1) is 0 Å². The van der Waals surface area contributed by atoms with Gasteiger partial charge in [0.25, 0.3) is 0 Å². The smallest absolute Gasteiger partial charge is 0.621 e. The Kier molecular flexibility index (Phi) is 7.63. The predicted octanol–water partition coefficient (Wildman–Crippen LogP) is 2.24. The largest absolute Gasteiger partial charge is 1.00 e. The van der Waals surface area contributed by atoms with E-state index in [1.54, 1.807) is 44.6 Å². The Bertz CT molecular complexity index is 1220. The number of aromatic nitrogens is 1. The molecule has 0 aliphatic rings. The van der Waals surface area contributed by atoms with Crippen molar-refractivity contribution >= 4 is 33.9 Å². The van der Waals surface area contributed by atoms with E-state index in [0.717, 1.165) is 16.5 Å². The minimum Gasteiger partial charge on any atom is -0.621 e. The Morgan fingerprint density at radius 3 is 2.20 bits per heavy atom. The van der Waals surface area contributed by atoms with Crippen molar-refractivity contribution in [1.29, 1.82) is 0 Å². The van der Waals surface area contributed by atoms with E-state index in [0.29, 0.717) is 33.4 Å². The van der Waals surface area contributed by atoms with Crippen molar-refractivity contribution in [3.05, 3.63) is 82.1 Å². The number of pyridine rings is 1. The number of benzene rings is 3. The molecule has 0 aliphatic carbocycles. The second-order valence-electron chi connectivity index (χ2n) is 6.42. The van der Waals surface area contributed by atoms with Crippen molar-refractivity contribution in [2.45, 2.75) is 0 Å². The molecule has 0 fully saturated rings. The number of nitrogens with zero attached hydrogens (tertiary/aromatic N) is 1. The molecule has 0 atom stereocenters. The van der Waals surface area contributed by atoms with Crippen LogP contribution < -0.4 is 76.7 Å². The van der Waals surface area contributed by atoms with E-state index in [-0.39, 0.29) is 56.9 Å². The van der Waals surface area contributed by atoms with Crippen LogP contribution in [0.5, 0.6) is 11.5 Å². The summed E-state index contributed by atoms with van der Waals surface area (Å²) in [5.41, 5.74) is 2.87. The van der Waals surface area contributed by atoms with Gasteiger partial charge in [-0.2, -0.15) is 0 Å². The van der Waals surface area contributed by atoms with Crippen molar-refractivity contribution in [3.8, 4) is 22.6 Å². The van der Waals surface area contributed by atoms with Crippen molar-refractivity contribution < 1.29 is 60.9 Å². The first-order valence-corrected chi connectivity index (χ1v) is 9.32. The van der Waals surface area contributed by atoms with Crippen LogP contribution in [0.1, 0.15) is 0 Å². The second-order valence-corrected chi connectivity index (χ2v) is 6.86. The summed E-state index contributed by atoms with van der Waals surface area (Å²) in [4.78, 5) is 17.2. The molecular weight excluding hydrogens is 427 g/mol. The van der Waals surface area contributed by atoms with Crippen LogP contribution in [0.3, 0.4) is 0 Å². The van der Waals surface area contributed by atoms with Crippen molar-refractivity contribution in [1.82, 2.24) is 4.98 Å². The van der Waals surface area contributed by atoms with Gasteiger partial charge in [0.05, 0.1) is 19.9 Å². The number of nitrogens with one attached hydrogen (secondary N) is 1. The summed E-state index contributed by atoms with van der Waals surface area (Å²) in [6, 6.07) is 20.3. The van der Waals surface area contributed by atoms with Crippen molar-refractivity contribution in [2.24, 2.45) is 0 Å². The summed E-state index contributed by atoms with van der Waals surface area (Å²) in [5.74, 6) is 1.22. The van der Waals surface area contributed by atoms with Gasteiger partial charge in [0.1, 0.15) is 17.1 Å². The molecule has 0 amide bonds. The zero-order valence-electron chi connectivity index (χ0n) is 16.9. The molecule has 5 nitrogen and oxygen atoms in total. The maximum absolute atomic E-state index is 13.0. The minimum absolute atomic E-state index is 0. The molecule has 3 aromatic carbocycles. The molecule has 0 aliphatic heterocycles. The third kappa shape index (κ3) is 4.75. The summed E-state index contributed by atoms with van der Waals surface area (Å²) in [5, 5.41) is 4.59. The number of hydrogen-bond acceptors (Lipinski definition) is 4. The fourth-order valence-corrected chi connectivity index (χ4v) is 3.43. The first-order valence-electron chi connectivity index (χ1n) is 8.95. The molecule has 0 saturated carbocycles. The number of rotatable bonds is 5. The number of methoxy groups -OCH3 is 2. The molecule has 4 rings (SSSR count). The van der Waals surface area contributed by atoms with Crippen molar-refractivity contribution in [3.63, 3.8) is 0 Å². The Balaban J connectivity index is 0.00000256. The van der Waals surface area contributed by atoms with E-state index in [1.807, 2.05) is 36.4 Å². The molecule has 0 bridgehead atoms. The second kappa shape index (κ2) is 10.0. The van der Waals surface area contributed by atoms with E-state index in [2.05, 4.69) is 10.3 Å². The topological polar surface area (TPSA) is 61.7 Å². The van der Waals surface area contributed by atoms with Gasteiger partial charge in [-0.25, -0.2) is 0 Å². The van der Waals surface area contributed by atoms with Gasteiger partial charge in [-0.15, -0.1) is 5.52 Å². The van der Waals surface area contributed by atoms with E-state index in [9.17, 15) is 4.79 Å². The number of hydrogen-bond donors (Lipinski definition) is 1. The number of ether oxygens (including phenoxy) is 2. The Labute approximate surface area is 221 Å². The third-order valence-corrected chi connectivity index (χ3v) is 4.83. The third-order valence-electron chi connectivity index (χ3n) is 4.60. The van der Waals surface area contributed by atoms with Gasteiger partial charge >= 0.3 is 51.4 Å². The van der Waals surface area contributed by atoms with Crippen LogP contribution in [-0.2, 0) is 0 Å². The zero-order valence-corrected chi connectivity index (χ0v) is 20.8. The SMILES string of the molecule is COc1cc(Nc2c(-c3ccccc3)c3cc(Cl)ccc3[n-]c2=O)cc(OC)c1.[K+]. The van der Waals surface area contributed by atoms with Gasteiger partial charge in [0, 0.05) is 34.5 Å². The van der Waals surface area contributed by atoms with Gasteiger partial charge in [0.15, 0.2) is 0 Å². The summed E-state index contributed by atoms with van der Waals surface area (Å²) < 4.78 is 10.7. The van der Waals surface area contributed by atoms with Crippen LogP contribution in [0.15, 0.2) is 71.5 Å². The number of halogens is 1. The van der Waals surface area contributed by atoms with Crippen LogP contribution in [0.4, 0.5) is 11.4 Å². The summed E-state index contributed by atoms with van der Waals surface area (Å²) in [6.07, 6.45) is 0. The van der Waals surface area contributed by atoms with E-state index in [1.165, 1.54) is 0 Å². The molecule has 1 heterocycles. The molecule has 0 unspecified atom stereocenters. The number of anilines is 2. The molecule has 4 aromatic rings. The monoisotopic (exact) mass is 444 g/mol. The molecule has 0 saturated heterocycles. The van der Waals surface area contributed by atoms with E-state index in [4.69, 9.17) is 21.1 Å². The average molecular weight is 445 g/mol. The zero-order chi connectivity index (χ0) is 20.4. The quantitative estimate of drug-likeness (QED) is 0.478. The van der Waals surface area contributed by atoms with Gasteiger partial charge in [-0.1, -0.05) is 48.0 Å². The standard InChI is InChI=1S/C23H19ClN2O3.K/c1-28-17-11-16(12-18(13-17)29-2)25-22-21(14-6-4-3-5-7-14)19-10-15(24)8-9-20(19)26-23(22)27;/h3-13,25H,1-2H3,(H,26,27);/q;+1/p-1. The fraction of sp³-hybridized carbons (Fsp3) is 0.0870. The maximum Gasteiger partial charge on any atom is 1.00 e. The summed E-state index contributed by atoms with van der Waals surface area (Å²) >= 11 is 6.25. The first-order chi connectivity index (χ1) is 14.1. The maximum atomic E-state index is 13.0. The molecule has 146 valence electrons. The Morgan fingerprint density at radius 1 is 0.900 bits per heavy atom. The van der Waals surface area contributed by atoms with Crippen molar-refractivity contribution in [2.75, 3.05) is 19.5 Å². The summed E-state index contributed by atoms with van der Waals surface area (Å²) in [6.45, 7) is 0. The van der Waals surface area contributed by atoms with Crippen LogP contribution in [-0.4, -0.2) is 14.2 Å². The number of fused-ring (bicyclic) bond motifs is 1. The van der Waals surface area contributed by atoms with Gasteiger partial charge in [-0.3, -0.25) is 0 Å². The van der Waals surface area contributed by atoms with E-state index >= 15 is 0 Å². The molecule has 1 aromatic heterocycles. The Morgan fingerprint density at radius 2 is 1.57 bits per heavy atom. The molecular formula is C23H18ClKN2O3. The van der Waals surface area contributed by atoms with E-state index < -0.39 is 0 Å². The average Bonchev–Trinajstić information content (AvgIpc) is 2.75. The van der Waals surface area contributed by atoms with Crippen LogP contribution >= 0.6 is 11.6 Å². The predicted molar refractivity (Wildman–Crippen MR) is 117 cm³/mol. The minimum atomic E-state index is -0.361.